The van der Waals surface area contributed by atoms with Crippen molar-refractivity contribution in [3.05, 3.63) is 0 Å². The maximum atomic E-state index is 12.7. The van der Waals surface area contributed by atoms with Crippen LogP contribution in [0.25, 0.3) is 0 Å². The number of carbonyl (C=O) groups is 3. The lowest BCUT2D eigenvalue weighted by Gasteiger charge is -2.18. The van der Waals surface area contributed by atoms with Gasteiger partial charge in [0.05, 0.1) is 0 Å². The number of esters is 3. The van der Waals surface area contributed by atoms with Crippen LogP contribution in [-0.4, -0.2) is 37.2 Å². The van der Waals surface area contributed by atoms with Crippen LogP contribution in [0.2, 0.25) is 0 Å². The third kappa shape index (κ3) is 39.6. The Morgan fingerprint density at radius 1 is 0.308 bits per heavy atom. The van der Waals surface area contributed by atoms with E-state index in [9.17, 15) is 14.4 Å². The zero-order valence-corrected chi connectivity index (χ0v) is 35.1. The van der Waals surface area contributed by atoms with Crippen molar-refractivity contribution in [2.75, 3.05) is 13.2 Å². The Hall–Kier alpha value is -1.59. The van der Waals surface area contributed by atoms with Gasteiger partial charge >= 0.3 is 17.9 Å². The SMILES string of the molecule is CCCCCCCCCCCCCCCCCC(=O)OC[C@H](COC(=O)CCCCCCCCCCC)OC(=O)CCCCCCCCCCCC. The molecule has 0 rings (SSSR count). The molecule has 0 bridgehead atoms. The molecule has 1 atom stereocenters. The van der Waals surface area contributed by atoms with Crippen molar-refractivity contribution in [3.63, 3.8) is 0 Å². The summed E-state index contributed by atoms with van der Waals surface area (Å²) in [7, 11) is 0. The molecule has 0 aliphatic rings. The average Bonchev–Trinajstić information content (AvgIpc) is 3.14. The molecule has 0 fully saturated rings. The quantitative estimate of drug-likeness (QED) is 0.0353. The summed E-state index contributed by atoms with van der Waals surface area (Å²) in [5, 5.41) is 0. The molecule has 0 aromatic carbocycles. The topological polar surface area (TPSA) is 78.9 Å². The molecule has 0 amide bonds. The Bertz CT molecular complexity index is 768. The summed E-state index contributed by atoms with van der Waals surface area (Å²) in [4.78, 5) is 37.6. The monoisotopic (exact) mass is 737 g/mol. The van der Waals surface area contributed by atoms with Gasteiger partial charge in [-0.3, -0.25) is 14.4 Å². The molecular weight excluding hydrogens is 648 g/mol. The summed E-state index contributed by atoms with van der Waals surface area (Å²) in [6.45, 7) is 6.63. The molecule has 0 aliphatic heterocycles. The Morgan fingerprint density at radius 2 is 0.519 bits per heavy atom. The van der Waals surface area contributed by atoms with E-state index in [-0.39, 0.29) is 31.1 Å². The highest BCUT2D eigenvalue weighted by Gasteiger charge is 2.19. The smallest absolute Gasteiger partial charge is 0.306 e. The van der Waals surface area contributed by atoms with E-state index in [0.717, 1.165) is 57.8 Å². The summed E-state index contributed by atoms with van der Waals surface area (Å²) in [5.74, 6) is -0.854. The number of hydrogen-bond acceptors (Lipinski definition) is 6. The molecule has 0 unspecified atom stereocenters. The molecule has 6 nitrogen and oxygen atoms in total. The van der Waals surface area contributed by atoms with Gasteiger partial charge in [0.1, 0.15) is 13.2 Å². The molecule has 0 radical (unpaired) electrons. The van der Waals surface area contributed by atoms with Crippen LogP contribution >= 0.6 is 0 Å². The largest absolute Gasteiger partial charge is 0.462 e. The Kier molecular flexibility index (Phi) is 40.9. The van der Waals surface area contributed by atoms with E-state index in [2.05, 4.69) is 20.8 Å². The van der Waals surface area contributed by atoms with E-state index < -0.39 is 6.10 Å². The first kappa shape index (κ1) is 50.4. The third-order valence-electron chi connectivity index (χ3n) is 10.4. The van der Waals surface area contributed by atoms with Crippen LogP contribution in [-0.2, 0) is 28.6 Å². The maximum Gasteiger partial charge on any atom is 0.306 e. The highest BCUT2D eigenvalue weighted by molar-refractivity contribution is 5.71. The van der Waals surface area contributed by atoms with Crippen molar-refractivity contribution >= 4 is 17.9 Å². The number of unbranched alkanes of at least 4 members (excludes halogenated alkanes) is 31. The van der Waals surface area contributed by atoms with E-state index in [1.165, 1.54) is 161 Å². The lowest BCUT2D eigenvalue weighted by Crippen LogP contribution is -2.30. The van der Waals surface area contributed by atoms with E-state index in [1.54, 1.807) is 0 Å². The molecule has 6 heteroatoms. The van der Waals surface area contributed by atoms with Gasteiger partial charge in [0.15, 0.2) is 6.10 Å². The van der Waals surface area contributed by atoms with Gasteiger partial charge in [0, 0.05) is 19.3 Å². The summed E-state index contributed by atoms with van der Waals surface area (Å²) in [5.41, 5.74) is 0. The molecule has 52 heavy (non-hydrogen) atoms. The molecule has 0 saturated heterocycles. The molecule has 0 N–H and O–H groups in total. The first-order chi connectivity index (χ1) is 25.5. The van der Waals surface area contributed by atoms with Gasteiger partial charge in [-0.15, -0.1) is 0 Å². The second kappa shape index (κ2) is 42.2. The molecule has 0 aromatic heterocycles. The van der Waals surface area contributed by atoms with Gasteiger partial charge in [0.2, 0.25) is 0 Å². The molecule has 0 heterocycles. The number of carbonyl (C=O) groups excluding carboxylic acids is 3. The lowest BCUT2D eigenvalue weighted by atomic mass is 10.0. The number of ether oxygens (including phenoxy) is 3. The summed E-state index contributed by atoms with van der Waals surface area (Å²) in [6, 6.07) is 0. The van der Waals surface area contributed by atoms with Crippen LogP contribution in [0.4, 0.5) is 0 Å². The Labute approximate surface area is 323 Å². The van der Waals surface area contributed by atoms with E-state index in [0.29, 0.717) is 19.3 Å². The minimum atomic E-state index is -0.757. The van der Waals surface area contributed by atoms with Crippen LogP contribution in [0.15, 0.2) is 0 Å². The van der Waals surface area contributed by atoms with Gasteiger partial charge in [-0.05, 0) is 19.3 Å². The van der Waals surface area contributed by atoms with Crippen LogP contribution < -0.4 is 0 Å². The first-order valence-electron chi connectivity index (χ1n) is 23.0. The van der Waals surface area contributed by atoms with E-state index in [4.69, 9.17) is 14.2 Å². The van der Waals surface area contributed by atoms with Crippen molar-refractivity contribution in [2.45, 2.75) is 264 Å². The molecule has 0 aliphatic carbocycles. The van der Waals surface area contributed by atoms with Gasteiger partial charge in [0.25, 0.3) is 0 Å². The molecule has 0 saturated carbocycles. The molecule has 308 valence electrons. The Balaban J connectivity index is 4.26. The van der Waals surface area contributed by atoms with Crippen molar-refractivity contribution in [3.8, 4) is 0 Å². The van der Waals surface area contributed by atoms with Crippen molar-refractivity contribution in [1.82, 2.24) is 0 Å². The predicted octanol–water partition coefficient (Wildman–Crippen LogP) is 14.5. The maximum absolute atomic E-state index is 12.7. The van der Waals surface area contributed by atoms with Crippen molar-refractivity contribution in [1.29, 1.82) is 0 Å². The van der Waals surface area contributed by atoms with E-state index >= 15 is 0 Å². The minimum absolute atomic E-state index is 0.0628. The number of rotatable bonds is 42. The summed E-state index contributed by atoms with van der Waals surface area (Å²) >= 11 is 0. The summed E-state index contributed by atoms with van der Waals surface area (Å²) in [6.07, 6.45) is 42.3. The second-order valence-corrected chi connectivity index (χ2v) is 15.7. The van der Waals surface area contributed by atoms with Crippen LogP contribution in [0.3, 0.4) is 0 Å². The zero-order valence-electron chi connectivity index (χ0n) is 35.1. The fourth-order valence-electron chi connectivity index (χ4n) is 6.85. The highest BCUT2D eigenvalue weighted by atomic mass is 16.6. The fourth-order valence-corrected chi connectivity index (χ4v) is 6.85. The van der Waals surface area contributed by atoms with Crippen LogP contribution in [0.1, 0.15) is 258 Å². The average molecular weight is 737 g/mol. The van der Waals surface area contributed by atoms with Crippen molar-refractivity contribution in [2.24, 2.45) is 0 Å². The zero-order chi connectivity index (χ0) is 38.0. The highest BCUT2D eigenvalue weighted by Crippen LogP contribution is 2.16. The van der Waals surface area contributed by atoms with Crippen LogP contribution in [0, 0.1) is 0 Å². The first-order valence-corrected chi connectivity index (χ1v) is 23.0. The fraction of sp³-hybridized carbons (Fsp3) is 0.935. The predicted molar refractivity (Wildman–Crippen MR) is 220 cm³/mol. The van der Waals surface area contributed by atoms with Gasteiger partial charge < -0.3 is 14.2 Å². The Morgan fingerprint density at radius 3 is 0.769 bits per heavy atom. The summed E-state index contributed by atoms with van der Waals surface area (Å²) < 4.78 is 16.7. The van der Waals surface area contributed by atoms with Gasteiger partial charge in [-0.1, -0.05) is 220 Å². The molecular formula is C46H88O6. The van der Waals surface area contributed by atoms with Gasteiger partial charge in [-0.25, -0.2) is 0 Å². The van der Waals surface area contributed by atoms with Crippen molar-refractivity contribution < 1.29 is 28.6 Å². The minimum Gasteiger partial charge on any atom is -0.462 e. The third-order valence-corrected chi connectivity index (χ3v) is 10.4. The normalized spacial score (nSPS) is 11.8. The molecule has 0 spiro atoms. The molecule has 0 aromatic rings. The second-order valence-electron chi connectivity index (χ2n) is 15.7. The lowest BCUT2D eigenvalue weighted by molar-refractivity contribution is -0.167. The van der Waals surface area contributed by atoms with Gasteiger partial charge in [-0.2, -0.15) is 0 Å². The van der Waals surface area contributed by atoms with E-state index in [1.807, 2.05) is 0 Å². The number of hydrogen-bond donors (Lipinski definition) is 0. The standard InChI is InChI=1S/C46H88O6/c1-4-7-10-13-16-19-21-22-23-24-25-28-30-33-36-39-45(48)51-42-43(41-50-44(47)38-35-32-29-26-18-15-12-9-6-3)52-46(49)40-37-34-31-27-20-17-14-11-8-5-2/h43H,4-42H2,1-3H3/t43-/m0/s1. The van der Waals surface area contributed by atoms with Crippen LogP contribution in [0.5, 0.6) is 0 Å².